The third-order valence-corrected chi connectivity index (χ3v) is 4.73. The van der Waals surface area contributed by atoms with Crippen LogP contribution in [0.4, 0.5) is 23.8 Å². The van der Waals surface area contributed by atoms with Crippen LogP contribution in [0.1, 0.15) is 26.5 Å². The summed E-state index contributed by atoms with van der Waals surface area (Å²) in [6, 6.07) is 0. The average molecular weight is 415 g/mol. The molecule has 0 spiro atoms. The van der Waals surface area contributed by atoms with Crippen LogP contribution < -0.4 is 4.90 Å². The van der Waals surface area contributed by atoms with Crippen molar-refractivity contribution in [2.75, 3.05) is 44.2 Å². The second-order valence-electron chi connectivity index (χ2n) is 8.15. The van der Waals surface area contributed by atoms with Crippen molar-refractivity contribution < 1.29 is 27.5 Å². The number of hydrogen-bond acceptors (Lipinski definition) is 6. The Bertz CT molecular complexity index is 749. The number of hydrogen-bond donors (Lipinski definition) is 0. The van der Waals surface area contributed by atoms with Gasteiger partial charge in [-0.1, -0.05) is 0 Å². The van der Waals surface area contributed by atoms with E-state index in [4.69, 9.17) is 4.74 Å². The first-order valence-electron chi connectivity index (χ1n) is 9.35. The van der Waals surface area contributed by atoms with Crippen LogP contribution >= 0.6 is 0 Å². The minimum Gasteiger partial charge on any atom is -0.444 e. The molecule has 0 aliphatic carbocycles. The van der Waals surface area contributed by atoms with Crippen LogP contribution in [-0.2, 0) is 15.7 Å². The van der Waals surface area contributed by atoms with Gasteiger partial charge < -0.3 is 19.4 Å². The van der Waals surface area contributed by atoms with Gasteiger partial charge in [-0.3, -0.25) is 4.79 Å². The molecule has 0 aromatic carbocycles. The van der Waals surface area contributed by atoms with Crippen molar-refractivity contribution in [3.63, 3.8) is 0 Å². The van der Waals surface area contributed by atoms with Crippen LogP contribution in [0, 0.1) is 5.92 Å². The van der Waals surface area contributed by atoms with E-state index in [9.17, 15) is 22.8 Å². The molecule has 2 aliphatic heterocycles. The molecule has 0 bridgehead atoms. The van der Waals surface area contributed by atoms with Gasteiger partial charge in [-0.2, -0.15) is 13.2 Å². The number of carbonyl (C=O) groups excluding carboxylic acids is 2. The zero-order valence-corrected chi connectivity index (χ0v) is 16.6. The van der Waals surface area contributed by atoms with Gasteiger partial charge in [0.1, 0.15) is 11.4 Å². The van der Waals surface area contributed by atoms with Crippen LogP contribution in [0.25, 0.3) is 0 Å². The van der Waals surface area contributed by atoms with Gasteiger partial charge in [-0.25, -0.2) is 14.8 Å². The Kier molecular flexibility index (Phi) is 5.59. The number of aromatic nitrogens is 2. The lowest BCUT2D eigenvalue weighted by Gasteiger charge is -2.43. The Morgan fingerprint density at radius 2 is 1.62 bits per heavy atom. The number of amides is 2. The first-order valence-corrected chi connectivity index (χ1v) is 9.35. The zero-order valence-electron chi connectivity index (χ0n) is 16.6. The Hall–Kier alpha value is -2.59. The Morgan fingerprint density at radius 1 is 1.00 bits per heavy atom. The Morgan fingerprint density at radius 3 is 2.10 bits per heavy atom. The smallest absolute Gasteiger partial charge is 0.434 e. The first kappa shape index (κ1) is 21.1. The molecular formula is C18H24F3N5O3. The molecule has 0 N–H and O–H groups in total. The standard InChI is InChI=1S/C18H24F3N5O3/c1-17(2,3)29-16(28)26-10-12(11-26)15(27)25-6-4-24(5-7-25)14-9-22-13(8-23-14)18(19,20)21/h8-9,12H,4-7,10-11H2,1-3H3. The van der Waals surface area contributed by atoms with E-state index in [1.165, 1.54) is 4.90 Å². The zero-order chi connectivity index (χ0) is 21.4. The largest absolute Gasteiger partial charge is 0.444 e. The molecule has 1 aromatic rings. The van der Waals surface area contributed by atoms with Gasteiger partial charge in [0, 0.05) is 39.3 Å². The van der Waals surface area contributed by atoms with E-state index in [2.05, 4.69) is 9.97 Å². The van der Waals surface area contributed by atoms with Gasteiger partial charge in [0.25, 0.3) is 0 Å². The van der Waals surface area contributed by atoms with E-state index >= 15 is 0 Å². The average Bonchev–Trinajstić information content (AvgIpc) is 2.58. The van der Waals surface area contributed by atoms with Gasteiger partial charge in [0.05, 0.1) is 18.3 Å². The summed E-state index contributed by atoms with van der Waals surface area (Å²) in [5.74, 6) is 0.0766. The third-order valence-electron chi connectivity index (χ3n) is 4.73. The molecule has 29 heavy (non-hydrogen) atoms. The molecule has 8 nitrogen and oxygen atoms in total. The summed E-state index contributed by atoms with van der Waals surface area (Å²) in [7, 11) is 0. The topological polar surface area (TPSA) is 78.9 Å². The Labute approximate surface area is 166 Å². The number of nitrogens with zero attached hydrogens (tertiary/aromatic N) is 5. The molecular weight excluding hydrogens is 391 g/mol. The fourth-order valence-electron chi connectivity index (χ4n) is 3.16. The third kappa shape index (κ3) is 5.07. The number of anilines is 1. The van der Waals surface area contributed by atoms with E-state index < -0.39 is 23.6 Å². The summed E-state index contributed by atoms with van der Waals surface area (Å²) in [6.45, 7) is 7.80. The number of ether oxygens (including phenoxy) is 1. The molecule has 0 unspecified atom stereocenters. The summed E-state index contributed by atoms with van der Waals surface area (Å²) in [5, 5.41) is 0. The molecule has 3 rings (SSSR count). The maximum atomic E-state index is 12.6. The molecule has 2 saturated heterocycles. The highest BCUT2D eigenvalue weighted by Gasteiger charge is 2.40. The maximum Gasteiger partial charge on any atom is 0.434 e. The predicted molar refractivity (Wildman–Crippen MR) is 97.1 cm³/mol. The monoisotopic (exact) mass is 415 g/mol. The van der Waals surface area contributed by atoms with Gasteiger partial charge in [-0.15, -0.1) is 0 Å². The highest BCUT2D eigenvalue weighted by atomic mass is 19.4. The van der Waals surface area contributed by atoms with E-state index in [1.54, 1.807) is 30.6 Å². The van der Waals surface area contributed by atoms with Crippen LogP contribution in [0.3, 0.4) is 0 Å². The lowest BCUT2D eigenvalue weighted by atomic mass is 9.98. The van der Waals surface area contributed by atoms with Gasteiger partial charge >= 0.3 is 12.3 Å². The van der Waals surface area contributed by atoms with E-state index in [0.717, 1.165) is 6.20 Å². The van der Waals surface area contributed by atoms with Crippen molar-refractivity contribution in [3.8, 4) is 0 Å². The normalized spacial score (nSPS) is 18.5. The molecule has 2 fully saturated rings. The van der Waals surface area contributed by atoms with E-state index in [1.807, 2.05) is 0 Å². The summed E-state index contributed by atoms with van der Waals surface area (Å²) in [4.78, 5) is 36.8. The second kappa shape index (κ2) is 7.68. The minimum absolute atomic E-state index is 0.0250. The molecule has 160 valence electrons. The van der Waals surface area contributed by atoms with Crippen molar-refractivity contribution >= 4 is 17.8 Å². The summed E-state index contributed by atoms with van der Waals surface area (Å²) >= 11 is 0. The van der Waals surface area contributed by atoms with Crippen molar-refractivity contribution in [1.82, 2.24) is 19.8 Å². The fourth-order valence-corrected chi connectivity index (χ4v) is 3.16. The lowest BCUT2D eigenvalue weighted by molar-refractivity contribution is -0.142. The van der Waals surface area contributed by atoms with Crippen LogP contribution in [0.2, 0.25) is 0 Å². The molecule has 2 amide bonds. The highest BCUT2D eigenvalue weighted by molar-refractivity contribution is 5.83. The van der Waals surface area contributed by atoms with Crippen LogP contribution in [0.15, 0.2) is 12.4 Å². The Balaban J connectivity index is 1.46. The number of carbonyl (C=O) groups is 2. The number of halogens is 3. The summed E-state index contributed by atoms with van der Waals surface area (Å²) in [6.07, 6.45) is -3.13. The first-order chi connectivity index (χ1) is 13.4. The molecule has 0 radical (unpaired) electrons. The SMILES string of the molecule is CC(C)(C)OC(=O)N1CC(C(=O)N2CCN(c3cnc(C(F)(F)F)cn3)CC2)C1. The molecule has 1 aromatic heterocycles. The predicted octanol–water partition coefficient (Wildman–Crippen LogP) is 2.01. The molecule has 11 heteroatoms. The van der Waals surface area contributed by atoms with Crippen LogP contribution in [-0.4, -0.2) is 76.6 Å². The van der Waals surface area contributed by atoms with E-state index in [0.29, 0.717) is 51.3 Å². The number of piperazine rings is 1. The van der Waals surface area contributed by atoms with Gasteiger partial charge in [-0.05, 0) is 20.8 Å². The van der Waals surface area contributed by atoms with Gasteiger partial charge in [0.2, 0.25) is 5.91 Å². The van der Waals surface area contributed by atoms with Crippen molar-refractivity contribution in [3.05, 3.63) is 18.1 Å². The summed E-state index contributed by atoms with van der Waals surface area (Å²) in [5.41, 5.74) is -1.61. The molecule has 0 saturated carbocycles. The number of rotatable bonds is 2. The van der Waals surface area contributed by atoms with Gasteiger partial charge in [0.15, 0.2) is 5.69 Å². The van der Waals surface area contributed by atoms with Crippen molar-refractivity contribution in [2.24, 2.45) is 5.92 Å². The minimum atomic E-state index is -4.52. The molecule has 0 atom stereocenters. The fraction of sp³-hybridized carbons (Fsp3) is 0.667. The number of alkyl halides is 3. The van der Waals surface area contributed by atoms with Crippen molar-refractivity contribution in [1.29, 1.82) is 0 Å². The second-order valence-corrected chi connectivity index (χ2v) is 8.15. The highest BCUT2D eigenvalue weighted by Crippen LogP contribution is 2.28. The molecule has 3 heterocycles. The lowest BCUT2D eigenvalue weighted by Crippen LogP contribution is -2.59. The van der Waals surface area contributed by atoms with Crippen molar-refractivity contribution in [2.45, 2.75) is 32.5 Å². The number of likely N-dealkylation sites (tertiary alicyclic amines) is 1. The summed E-state index contributed by atoms with van der Waals surface area (Å²) < 4.78 is 43.0. The maximum absolute atomic E-state index is 12.6. The quantitative estimate of drug-likeness (QED) is 0.735. The van der Waals surface area contributed by atoms with E-state index in [-0.39, 0.29) is 11.8 Å². The van der Waals surface area contributed by atoms with Crippen LogP contribution in [0.5, 0.6) is 0 Å². The molecule has 2 aliphatic rings.